The minimum Gasteiger partial charge on any atom is -0.505 e. The van der Waals surface area contributed by atoms with E-state index in [0.29, 0.717) is 42.7 Å². The summed E-state index contributed by atoms with van der Waals surface area (Å²) in [6, 6.07) is 7.07. The number of aliphatic hydroxyl groups is 2. The molecule has 0 spiro atoms. The lowest BCUT2D eigenvalue weighted by Crippen LogP contribution is -2.46. The zero-order valence-electron chi connectivity index (χ0n) is 16.4. The monoisotopic (exact) mass is 421 g/mol. The molecule has 0 amide bonds. The van der Waals surface area contributed by atoms with Gasteiger partial charge in [0.05, 0.1) is 0 Å². The Morgan fingerprint density at radius 2 is 1.57 bits per heavy atom. The summed E-state index contributed by atoms with van der Waals surface area (Å²) in [5, 5.41) is 33.3. The topological polar surface area (TPSA) is 91.2 Å². The van der Waals surface area contributed by atoms with Gasteiger partial charge in [0.15, 0.2) is 11.6 Å². The van der Waals surface area contributed by atoms with Crippen LogP contribution in [0.4, 0.5) is 8.78 Å². The lowest BCUT2D eigenvalue weighted by Gasteiger charge is -2.31. The summed E-state index contributed by atoms with van der Waals surface area (Å²) in [7, 11) is 0. The summed E-state index contributed by atoms with van der Waals surface area (Å²) < 4.78 is 38.7. The van der Waals surface area contributed by atoms with E-state index < -0.39 is 36.0 Å². The fourth-order valence-electron chi connectivity index (χ4n) is 4.01. The number of rotatable bonds is 6. The number of phenolic OH excluding ortho intramolecular Hbond substituents is 1. The summed E-state index contributed by atoms with van der Waals surface area (Å²) in [4.78, 5) is 0. The summed E-state index contributed by atoms with van der Waals surface area (Å²) in [6.07, 6.45) is -0.603. The van der Waals surface area contributed by atoms with Crippen LogP contribution in [-0.2, 0) is 12.8 Å². The Hall–Kier alpha value is -2.42. The van der Waals surface area contributed by atoms with Crippen LogP contribution in [0.2, 0.25) is 0 Å². The van der Waals surface area contributed by atoms with Crippen molar-refractivity contribution in [3.63, 3.8) is 0 Å². The molecule has 2 aliphatic heterocycles. The number of phenols is 1. The van der Waals surface area contributed by atoms with Crippen molar-refractivity contribution < 1.29 is 33.6 Å². The number of aryl methyl sites for hydroxylation is 1. The molecule has 2 heterocycles. The van der Waals surface area contributed by atoms with Crippen LogP contribution >= 0.6 is 0 Å². The molecule has 0 unspecified atom stereocenters. The number of hydrogen-bond donors (Lipinski definition) is 4. The second kappa shape index (κ2) is 8.75. The molecule has 2 aromatic carbocycles. The van der Waals surface area contributed by atoms with Gasteiger partial charge in [-0.15, -0.1) is 0 Å². The minimum absolute atomic E-state index is 0.187. The van der Waals surface area contributed by atoms with Crippen molar-refractivity contribution in [2.24, 2.45) is 0 Å². The molecule has 0 saturated carbocycles. The maximum atomic E-state index is 13.9. The summed E-state index contributed by atoms with van der Waals surface area (Å²) >= 11 is 0. The summed E-state index contributed by atoms with van der Waals surface area (Å²) in [6.45, 7) is 0.399. The molecule has 0 aromatic heterocycles. The van der Waals surface area contributed by atoms with Crippen LogP contribution in [0.1, 0.15) is 24.0 Å². The summed E-state index contributed by atoms with van der Waals surface area (Å²) in [5.74, 6) is -0.493. The number of hydrogen-bond acceptors (Lipinski definition) is 6. The Morgan fingerprint density at radius 1 is 0.933 bits per heavy atom. The van der Waals surface area contributed by atoms with Crippen LogP contribution in [-0.4, -0.2) is 52.8 Å². The third kappa shape index (κ3) is 4.35. The molecule has 4 N–H and O–H groups in total. The van der Waals surface area contributed by atoms with Gasteiger partial charge in [0.2, 0.25) is 0 Å². The van der Waals surface area contributed by atoms with E-state index in [9.17, 15) is 24.1 Å². The Bertz CT molecular complexity index is 909. The van der Waals surface area contributed by atoms with Crippen LogP contribution < -0.4 is 14.8 Å². The molecule has 162 valence electrons. The van der Waals surface area contributed by atoms with Crippen molar-refractivity contribution >= 4 is 0 Å². The lowest BCUT2D eigenvalue weighted by molar-refractivity contribution is 0.00864. The van der Waals surface area contributed by atoms with Gasteiger partial charge in [-0.05, 0) is 61.6 Å². The van der Waals surface area contributed by atoms with Crippen molar-refractivity contribution in [1.29, 1.82) is 0 Å². The van der Waals surface area contributed by atoms with Crippen molar-refractivity contribution in [2.75, 3.05) is 13.1 Å². The van der Waals surface area contributed by atoms with Gasteiger partial charge in [0, 0.05) is 18.7 Å². The third-order valence-corrected chi connectivity index (χ3v) is 5.70. The third-order valence-electron chi connectivity index (χ3n) is 5.70. The second-order valence-corrected chi connectivity index (χ2v) is 7.81. The van der Waals surface area contributed by atoms with E-state index in [2.05, 4.69) is 5.32 Å². The maximum Gasteiger partial charge on any atom is 0.171 e. The number of benzene rings is 2. The first-order chi connectivity index (χ1) is 14.4. The van der Waals surface area contributed by atoms with Crippen molar-refractivity contribution in [2.45, 2.75) is 50.1 Å². The Morgan fingerprint density at radius 3 is 2.30 bits per heavy atom. The highest BCUT2D eigenvalue weighted by Gasteiger charge is 2.30. The molecule has 4 atom stereocenters. The molecule has 30 heavy (non-hydrogen) atoms. The predicted molar refractivity (Wildman–Crippen MR) is 105 cm³/mol. The van der Waals surface area contributed by atoms with E-state index in [1.165, 1.54) is 24.3 Å². The number of halogens is 2. The molecular formula is C22H25F2NO5. The first-order valence-corrected chi connectivity index (χ1v) is 10.1. The van der Waals surface area contributed by atoms with Crippen LogP contribution in [0.15, 0.2) is 30.3 Å². The number of aliphatic hydroxyl groups excluding tert-OH is 2. The molecule has 2 aliphatic rings. The summed E-state index contributed by atoms with van der Waals surface area (Å²) in [5.41, 5.74) is 1.11. The Labute approximate surface area is 173 Å². The maximum absolute atomic E-state index is 13.9. The van der Waals surface area contributed by atoms with Gasteiger partial charge in [0.1, 0.15) is 41.7 Å². The second-order valence-electron chi connectivity index (χ2n) is 7.81. The average Bonchev–Trinajstić information content (AvgIpc) is 2.75. The first kappa shape index (κ1) is 20.8. The smallest absolute Gasteiger partial charge is 0.171 e. The number of nitrogens with one attached hydrogen (secondary N) is 1. The largest absolute Gasteiger partial charge is 0.505 e. The highest BCUT2D eigenvalue weighted by atomic mass is 19.1. The minimum atomic E-state index is -0.849. The van der Waals surface area contributed by atoms with Crippen molar-refractivity contribution in [3.8, 4) is 17.2 Å². The van der Waals surface area contributed by atoms with Gasteiger partial charge in [-0.25, -0.2) is 8.78 Å². The highest BCUT2D eigenvalue weighted by Crippen LogP contribution is 2.34. The van der Waals surface area contributed by atoms with Crippen molar-refractivity contribution in [3.05, 3.63) is 53.1 Å². The molecular weight excluding hydrogens is 396 g/mol. The van der Waals surface area contributed by atoms with Crippen LogP contribution in [0.25, 0.3) is 0 Å². The van der Waals surface area contributed by atoms with Gasteiger partial charge in [-0.3, -0.25) is 0 Å². The Kier molecular flexibility index (Phi) is 6.08. The number of fused-ring (bicyclic) bond motifs is 2. The fraction of sp³-hybridized carbons (Fsp3) is 0.455. The molecule has 4 rings (SSSR count). The zero-order valence-corrected chi connectivity index (χ0v) is 16.4. The fourth-order valence-corrected chi connectivity index (χ4v) is 4.01. The van der Waals surface area contributed by atoms with Gasteiger partial charge < -0.3 is 30.1 Å². The van der Waals surface area contributed by atoms with Gasteiger partial charge in [-0.2, -0.15) is 0 Å². The van der Waals surface area contributed by atoms with E-state index in [-0.39, 0.29) is 18.9 Å². The standard InChI is InChI=1S/C22H25F2NO5/c23-13-2-6-18-12(9-13)1-5-20(29-18)16(27)10-25-11-17(28)21-7-3-14-19(30-21)8-4-15(26)22(14)24/h2,4,6,8-9,16-17,20-21,25-28H,1,3,5,7,10-11H2/t16-,17-,20+,21-/m0/s1. The van der Waals surface area contributed by atoms with E-state index in [4.69, 9.17) is 9.47 Å². The van der Waals surface area contributed by atoms with Crippen LogP contribution in [0, 0.1) is 11.6 Å². The molecule has 0 fully saturated rings. The number of aromatic hydroxyl groups is 1. The molecule has 0 saturated heterocycles. The molecule has 2 aromatic rings. The predicted octanol–water partition coefficient (Wildman–Crippen LogP) is 2.07. The van der Waals surface area contributed by atoms with Gasteiger partial charge in [-0.1, -0.05) is 0 Å². The van der Waals surface area contributed by atoms with E-state index in [1.807, 2.05) is 0 Å². The first-order valence-electron chi connectivity index (χ1n) is 10.1. The number of ether oxygens (including phenoxy) is 2. The Balaban J connectivity index is 1.25. The molecule has 0 aliphatic carbocycles. The van der Waals surface area contributed by atoms with Crippen LogP contribution in [0.3, 0.4) is 0 Å². The normalized spacial score (nSPS) is 22.3. The van der Waals surface area contributed by atoms with Crippen molar-refractivity contribution in [1.82, 2.24) is 5.32 Å². The molecule has 6 nitrogen and oxygen atoms in total. The van der Waals surface area contributed by atoms with Gasteiger partial charge in [0.25, 0.3) is 0 Å². The van der Waals surface area contributed by atoms with E-state index >= 15 is 0 Å². The molecule has 0 radical (unpaired) electrons. The lowest BCUT2D eigenvalue weighted by atomic mass is 9.97. The zero-order chi connectivity index (χ0) is 21.3. The van der Waals surface area contributed by atoms with E-state index in [0.717, 1.165) is 5.56 Å². The average molecular weight is 421 g/mol. The highest BCUT2D eigenvalue weighted by molar-refractivity contribution is 5.42. The van der Waals surface area contributed by atoms with Gasteiger partial charge >= 0.3 is 0 Å². The molecule has 0 bridgehead atoms. The van der Waals surface area contributed by atoms with E-state index in [1.54, 1.807) is 6.07 Å². The molecule has 8 heteroatoms. The van der Waals surface area contributed by atoms with Crippen LogP contribution in [0.5, 0.6) is 17.2 Å². The quantitative estimate of drug-likeness (QED) is 0.571. The SMILES string of the molecule is Oc1ccc2c(c1F)CC[C@@H]([C@@H](O)CNC[C@H](O)[C@H]1CCc3cc(F)ccc3O1)O2.